The maximum atomic E-state index is 10.5. The van der Waals surface area contributed by atoms with Crippen molar-refractivity contribution in [1.29, 1.82) is 0 Å². The largest absolute Gasteiger partial charge is 0.508 e. The minimum absolute atomic E-state index is 0.346. The Kier molecular flexibility index (Phi) is 7.91. The number of rotatable bonds is 5. The van der Waals surface area contributed by atoms with Gasteiger partial charge in [0.1, 0.15) is 5.75 Å². The first kappa shape index (κ1) is 23.4. The summed E-state index contributed by atoms with van der Waals surface area (Å²) in [5, 5.41) is 19.3. The van der Waals surface area contributed by atoms with Gasteiger partial charge >= 0.3 is 0 Å². The summed E-state index contributed by atoms with van der Waals surface area (Å²) in [7, 11) is 1.89. The molecule has 0 aliphatic rings. The molecule has 0 radical (unpaired) electrons. The molecule has 0 unspecified atom stereocenters. The molecule has 0 atom stereocenters. The van der Waals surface area contributed by atoms with E-state index in [1.54, 1.807) is 6.07 Å². The zero-order valence-electron chi connectivity index (χ0n) is 19.8. The standard InChI is InChI=1S/C21H24N2O.C8H10/c1-14-8-9-16(19-7-5-4-6-18(14)19)11-20-15(2)10-17(12-21(20)24)23-13-22-3;1-7-3-5-8(2)6-4-7/h4-10,12,22-24H,11,13H2,1-3H3;3-6H,1-2H3. The van der Waals surface area contributed by atoms with Crippen LogP contribution in [0.1, 0.15) is 33.4 Å². The smallest absolute Gasteiger partial charge is 0.121 e. The van der Waals surface area contributed by atoms with Gasteiger partial charge in [-0.25, -0.2) is 0 Å². The molecule has 0 saturated heterocycles. The number of phenolic OH excluding ortho intramolecular Hbond substituents is 1. The van der Waals surface area contributed by atoms with E-state index in [4.69, 9.17) is 0 Å². The van der Waals surface area contributed by atoms with Crippen LogP contribution in [0.4, 0.5) is 5.69 Å². The molecule has 4 rings (SSSR count). The molecule has 0 saturated carbocycles. The van der Waals surface area contributed by atoms with E-state index >= 15 is 0 Å². The van der Waals surface area contributed by atoms with Crippen LogP contribution < -0.4 is 10.6 Å². The second kappa shape index (κ2) is 10.8. The zero-order chi connectivity index (χ0) is 23.1. The fourth-order valence-corrected chi connectivity index (χ4v) is 3.81. The highest BCUT2D eigenvalue weighted by Crippen LogP contribution is 2.31. The summed E-state index contributed by atoms with van der Waals surface area (Å²) in [6.07, 6.45) is 0.727. The van der Waals surface area contributed by atoms with Gasteiger partial charge in [-0.1, -0.05) is 71.8 Å². The maximum Gasteiger partial charge on any atom is 0.121 e. The fourth-order valence-electron chi connectivity index (χ4n) is 3.81. The SMILES string of the molecule is CNCNc1cc(C)c(Cc2ccc(C)c3ccccc23)c(O)c1.Cc1ccc(C)cc1. The molecule has 166 valence electrons. The molecule has 0 aliphatic heterocycles. The molecule has 0 aromatic heterocycles. The van der Waals surface area contributed by atoms with Gasteiger partial charge in [-0.2, -0.15) is 0 Å². The molecule has 3 heteroatoms. The van der Waals surface area contributed by atoms with Gasteiger partial charge in [0.15, 0.2) is 0 Å². The van der Waals surface area contributed by atoms with Crippen LogP contribution in [0.5, 0.6) is 5.75 Å². The van der Waals surface area contributed by atoms with Crippen LogP contribution in [0, 0.1) is 27.7 Å². The molecule has 32 heavy (non-hydrogen) atoms. The second-order valence-corrected chi connectivity index (χ2v) is 8.42. The number of anilines is 1. The van der Waals surface area contributed by atoms with E-state index in [0.717, 1.165) is 23.2 Å². The summed E-state index contributed by atoms with van der Waals surface area (Å²) in [6.45, 7) is 9.05. The van der Waals surface area contributed by atoms with E-state index < -0.39 is 0 Å². The van der Waals surface area contributed by atoms with Gasteiger partial charge in [-0.15, -0.1) is 0 Å². The van der Waals surface area contributed by atoms with Gasteiger partial charge in [0.05, 0.1) is 6.67 Å². The third-order valence-corrected chi connectivity index (χ3v) is 5.74. The van der Waals surface area contributed by atoms with Crippen LogP contribution in [0.2, 0.25) is 0 Å². The summed E-state index contributed by atoms with van der Waals surface area (Å²) in [5.74, 6) is 0.346. The van der Waals surface area contributed by atoms with Gasteiger partial charge in [0.2, 0.25) is 0 Å². The normalized spacial score (nSPS) is 10.5. The lowest BCUT2D eigenvalue weighted by Gasteiger charge is -2.15. The highest BCUT2D eigenvalue weighted by atomic mass is 16.3. The van der Waals surface area contributed by atoms with Crippen LogP contribution in [0.25, 0.3) is 10.8 Å². The fraction of sp³-hybridized carbons (Fsp3) is 0.241. The molecule has 0 amide bonds. The highest BCUT2D eigenvalue weighted by molar-refractivity contribution is 5.88. The predicted octanol–water partition coefficient (Wildman–Crippen LogP) is 6.65. The van der Waals surface area contributed by atoms with Gasteiger partial charge in [-0.05, 0) is 68.3 Å². The van der Waals surface area contributed by atoms with Gasteiger partial charge in [0.25, 0.3) is 0 Å². The zero-order valence-corrected chi connectivity index (χ0v) is 19.8. The van der Waals surface area contributed by atoms with E-state index in [2.05, 4.69) is 105 Å². The molecular weight excluding hydrogens is 392 g/mol. The average Bonchev–Trinajstić information content (AvgIpc) is 2.79. The first-order chi connectivity index (χ1) is 15.4. The molecule has 0 spiro atoms. The van der Waals surface area contributed by atoms with Crippen LogP contribution in [-0.4, -0.2) is 18.8 Å². The summed E-state index contributed by atoms with van der Waals surface area (Å²) >= 11 is 0. The molecule has 0 aliphatic carbocycles. The Morgan fingerprint density at radius 3 is 1.94 bits per heavy atom. The predicted molar refractivity (Wildman–Crippen MR) is 138 cm³/mol. The minimum atomic E-state index is 0.346. The third kappa shape index (κ3) is 5.89. The summed E-state index contributed by atoms with van der Waals surface area (Å²) in [5.41, 5.74) is 8.19. The van der Waals surface area contributed by atoms with E-state index in [9.17, 15) is 5.11 Å². The number of aryl methyl sites for hydroxylation is 4. The van der Waals surface area contributed by atoms with Crippen molar-refractivity contribution in [2.24, 2.45) is 0 Å². The number of fused-ring (bicyclic) bond motifs is 1. The summed E-state index contributed by atoms with van der Waals surface area (Å²) in [4.78, 5) is 0. The monoisotopic (exact) mass is 426 g/mol. The quantitative estimate of drug-likeness (QED) is 0.313. The van der Waals surface area contributed by atoms with Crippen molar-refractivity contribution in [1.82, 2.24) is 5.32 Å². The van der Waals surface area contributed by atoms with Crippen LogP contribution in [0.15, 0.2) is 72.8 Å². The molecule has 0 heterocycles. The first-order valence-corrected chi connectivity index (χ1v) is 11.1. The highest BCUT2D eigenvalue weighted by Gasteiger charge is 2.11. The molecule has 3 N–H and O–H groups in total. The average molecular weight is 427 g/mol. The van der Waals surface area contributed by atoms with E-state index in [1.807, 2.05) is 7.05 Å². The molecule has 4 aromatic rings. The lowest BCUT2D eigenvalue weighted by molar-refractivity contribution is 0.469. The number of hydrogen-bond donors (Lipinski definition) is 3. The number of aromatic hydroxyl groups is 1. The Morgan fingerprint density at radius 2 is 1.34 bits per heavy atom. The third-order valence-electron chi connectivity index (χ3n) is 5.74. The van der Waals surface area contributed by atoms with Crippen LogP contribution >= 0.6 is 0 Å². The summed E-state index contributed by atoms with van der Waals surface area (Å²) in [6, 6.07) is 25.2. The maximum absolute atomic E-state index is 10.5. The molecule has 0 bridgehead atoms. The van der Waals surface area contributed by atoms with E-state index in [-0.39, 0.29) is 0 Å². The van der Waals surface area contributed by atoms with Crippen LogP contribution in [-0.2, 0) is 6.42 Å². The lowest BCUT2D eigenvalue weighted by atomic mass is 9.93. The van der Waals surface area contributed by atoms with Crippen molar-refractivity contribution in [2.75, 3.05) is 19.0 Å². The van der Waals surface area contributed by atoms with E-state index in [1.165, 1.54) is 33.0 Å². The number of benzene rings is 4. The lowest BCUT2D eigenvalue weighted by Crippen LogP contribution is -2.16. The van der Waals surface area contributed by atoms with Crippen molar-refractivity contribution in [2.45, 2.75) is 34.1 Å². The Balaban J connectivity index is 0.000000305. The molecular formula is C29H34N2O. The van der Waals surface area contributed by atoms with Crippen LogP contribution in [0.3, 0.4) is 0 Å². The van der Waals surface area contributed by atoms with Crippen molar-refractivity contribution >= 4 is 16.5 Å². The molecule has 3 nitrogen and oxygen atoms in total. The first-order valence-electron chi connectivity index (χ1n) is 11.1. The van der Waals surface area contributed by atoms with E-state index in [0.29, 0.717) is 12.4 Å². The topological polar surface area (TPSA) is 44.3 Å². The van der Waals surface area contributed by atoms with Crippen molar-refractivity contribution in [3.05, 3.63) is 106 Å². The van der Waals surface area contributed by atoms with Crippen molar-refractivity contribution in [3.8, 4) is 5.75 Å². The summed E-state index contributed by atoms with van der Waals surface area (Å²) < 4.78 is 0. The second-order valence-electron chi connectivity index (χ2n) is 8.42. The Hall–Kier alpha value is -3.30. The molecule has 0 fully saturated rings. The van der Waals surface area contributed by atoms with Gasteiger partial charge < -0.3 is 15.7 Å². The minimum Gasteiger partial charge on any atom is -0.508 e. The number of hydrogen-bond acceptors (Lipinski definition) is 3. The van der Waals surface area contributed by atoms with Crippen molar-refractivity contribution in [3.63, 3.8) is 0 Å². The van der Waals surface area contributed by atoms with Gasteiger partial charge in [0, 0.05) is 23.7 Å². The Labute approximate surface area is 192 Å². The van der Waals surface area contributed by atoms with Crippen molar-refractivity contribution < 1.29 is 5.11 Å². The molecule has 4 aromatic carbocycles. The number of phenols is 1. The van der Waals surface area contributed by atoms with Gasteiger partial charge in [-0.3, -0.25) is 0 Å². The Morgan fingerprint density at radius 1 is 0.719 bits per heavy atom. The number of nitrogens with one attached hydrogen (secondary N) is 2. The Bertz CT molecular complexity index is 1140.